The molecular weight excluding hydrogens is 260 g/mol. The summed E-state index contributed by atoms with van der Waals surface area (Å²) in [6.07, 6.45) is 0.348. The predicted octanol–water partition coefficient (Wildman–Crippen LogP) is 3.48. The zero-order valence-electron chi connectivity index (χ0n) is 11.5. The molecule has 0 heterocycles. The second-order valence-corrected chi connectivity index (χ2v) is 4.50. The maximum absolute atomic E-state index is 13.8. The van der Waals surface area contributed by atoms with Gasteiger partial charge in [0.2, 0.25) is 0 Å². The lowest BCUT2D eigenvalue weighted by molar-refractivity contribution is 0.400. The molecule has 0 amide bonds. The molecule has 0 aliphatic heterocycles. The zero-order valence-corrected chi connectivity index (χ0v) is 11.5. The fourth-order valence-electron chi connectivity index (χ4n) is 2.25. The van der Waals surface area contributed by atoms with E-state index >= 15 is 0 Å². The van der Waals surface area contributed by atoms with Crippen LogP contribution in [-0.2, 0) is 6.42 Å². The molecule has 0 aliphatic carbocycles. The van der Waals surface area contributed by atoms with Crippen molar-refractivity contribution in [2.45, 2.75) is 12.5 Å². The van der Waals surface area contributed by atoms with Crippen LogP contribution in [0, 0.1) is 11.6 Å². The first-order chi connectivity index (χ1) is 9.67. The maximum atomic E-state index is 13.8. The number of hydrogen-bond donors (Lipinski definition) is 1. The Kier molecular flexibility index (Phi) is 4.69. The summed E-state index contributed by atoms with van der Waals surface area (Å²) in [7, 11) is 3.38. The van der Waals surface area contributed by atoms with E-state index in [1.807, 2.05) is 24.3 Å². The third kappa shape index (κ3) is 2.96. The molecule has 20 heavy (non-hydrogen) atoms. The zero-order chi connectivity index (χ0) is 14.5. The van der Waals surface area contributed by atoms with Crippen LogP contribution in [0.15, 0.2) is 42.5 Å². The van der Waals surface area contributed by atoms with Gasteiger partial charge in [0.1, 0.15) is 5.75 Å². The van der Waals surface area contributed by atoms with Crippen LogP contribution >= 0.6 is 0 Å². The highest BCUT2D eigenvalue weighted by Gasteiger charge is 2.17. The number of para-hydroxylation sites is 1. The molecule has 0 bridgehead atoms. The second-order valence-electron chi connectivity index (χ2n) is 4.50. The lowest BCUT2D eigenvalue weighted by Crippen LogP contribution is -2.20. The molecule has 0 fully saturated rings. The number of hydrogen-bond acceptors (Lipinski definition) is 2. The van der Waals surface area contributed by atoms with Gasteiger partial charge in [-0.1, -0.05) is 30.3 Å². The number of benzene rings is 2. The second kappa shape index (κ2) is 6.48. The first kappa shape index (κ1) is 14.5. The van der Waals surface area contributed by atoms with E-state index < -0.39 is 11.6 Å². The molecule has 0 aromatic heterocycles. The summed E-state index contributed by atoms with van der Waals surface area (Å²) in [6.45, 7) is 0. The number of methoxy groups -OCH3 is 1. The minimum Gasteiger partial charge on any atom is -0.496 e. The number of rotatable bonds is 5. The van der Waals surface area contributed by atoms with Crippen molar-refractivity contribution in [3.05, 3.63) is 65.2 Å². The Bertz CT molecular complexity index is 586. The van der Waals surface area contributed by atoms with Crippen LogP contribution in [0.4, 0.5) is 8.78 Å². The van der Waals surface area contributed by atoms with E-state index in [-0.39, 0.29) is 6.04 Å². The van der Waals surface area contributed by atoms with Gasteiger partial charge >= 0.3 is 0 Å². The smallest absolute Gasteiger partial charge is 0.162 e. The topological polar surface area (TPSA) is 21.3 Å². The van der Waals surface area contributed by atoms with Gasteiger partial charge in [-0.05, 0) is 31.2 Å². The van der Waals surface area contributed by atoms with Crippen molar-refractivity contribution in [3.8, 4) is 5.75 Å². The molecule has 2 nitrogen and oxygen atoms in total. The van der Waals surface area contributed by atoms with Crippen molar-refractivity contribution in [2.24, 2.45) is 0 Å². The van der Waals surface area contributed by atoms with Gasteiger partial charge in [0.15, 0.2) is 11.6 Å². The van der Waals surface area contributed by atoms with Gasteiger partial charge in [0.25, 0.3) is 0 Å². The Hall–Kier alpha value is -1.94. The minimum atomic E-state index is -0.822. The first-order valence-corrected chi connectivity index (χ1v) is 6.40. The fraction of sp³-hybridized carbons (Fsp3) is 0.250. The molecule has 2 aromatic rings. The van der Waals surface area contributed by atoms with Crippen molar-refractivity contribution in [1.29, 1.82) is 0 Å². The summed E-state index contributed by atoms with van der Waals surface area (Å²) in [5.74, 6) is -0.885. The van der Waals surface area contributed by atoms with Crippen molar-refractivity contribution < 1.29 is 13.5 Å². The molecule has 1 atom stereocenters. The van der Waals surface area contributed by atoms with Crippen LogP contribution in [0.25, 0.3) is 0 Å². The molecule has 0 saturated heterocycles. The Balaban J connectivity index is 2.31. The van der Waals surface area contributed by atoms with Gasteiger partial charge in [0.05, 0.1) is 7.11 Å². The van der Waals surface area contributed by atoms with Gasteiger partial charge in [0, 0.05) is 11.6 Å². The highest BCUT2D eigenvalue weighted by atomic mass is 19.2. The van der Waals surface area contributed by atoms with Crippen molar-refractivity contribution >= 4 is 0 Å². The first-order valence-electron chi connectivity index (χ1n) is 6.40. The third-order valence-corrected chi connectivity index (χ3v) is 3.32. The lowest BCUT2D eigenvalue weighted by Gasteiger charge is -2.19. The quantitative estimate of drug-likeness (QED) is 0.903. The van der Waals surface area contributed by atoms with E-state index in [1.54, 1.807) is 20.2 Å². The molecule has 0 aliphatic rings. The number of nitrogens with one attached hydrogen (secondary N) is 1. The van der Waals surface area contributed by atoms with E-state index in [9.17, 15) is 8.78 Å². The van der Waals surface area contributed by atoms with Crippen molar-refractivity contribution in [3.63, 3.8) is 0 Å². The molecule has 106 valence electrons. The predicted molar refractivity (Wildman–Crippen MR) is 74.9 cm³/mol. The van der Waals surface area contributed by atoms with E-state index in [0.29, 0.717) is 12.0 Å². The van der Waals surface area contributed by atoms with Crippen LogP contribution in [0.2, 0.25) is 0 Å². The highest BCUT2D eigenvalue weighted by molar-refractivity contribution is 5.37. The monoisotopic (exact) mass is 277 g/mol. The van der Waals surface area contributed by atoms with Gasteiger partial charge in [-0.2, -0.15) is 0 Å². The molecule has 4 heteroatoms. The number of likely N-dealkylation sites (N-methyl/N-ethyl adjacent to an activating group) is 1. The molecule has 0 saturated carbocycles. The van der Waals surface area contributed by atoms with Gasteiger partial charge in [-0.25, -0.2) is 8.78 Å². The summed E-state index contributed by atoms with van der Waals surface area (Å²) < 4.78 is 32.3. The standard InChI is InChI=1S/C16H17F2NO/c1-19-14(12-7-3-4-9-15(12)20-2)10-11-6-5-8-13(17)16(11)18/h3-9,14,19H,10H2,1-2H3. The lowest BCUT2D eigenvalue weighted by atomic mass is 9.97. The summed E-state index contributed by atoms with van der Waals surface area (Å²) >= 11 is 0. The maximum Gasteiger partial charge on any atom is 0.162 e. The highest BCUT2D eigenvalue weighted by Crippen LogP contribution is 2.28. The Labute approximate surface area is 117 Å². The van der Waals surface area contributed by atoms with Gasteiger partial charge in [-0.3, -0.25) is 0 Å². The summed E-state index contributed by atoms with van der Waals surface area (Å²) in [6, 6.07) is 11.6. The molecule has 0 radical (unpaired) electrons. The van der Waals surface area contributed by atoms with Crippen LogP contribution in [0.5, 0.6) is 5.75 Å². The Morgan fingerprint density at radius 3 is 2.55 bits per heavy atom. The Morgan fingerprint density at radius 1 is 1.10 bits per heavy atom. The average Bonchev–Trinajstić information content (AvgIpc) is 2.49. The van der Waals surface area contributed by atoms with Crippen LogP contribution in [0.1, 0.15) is 17.2 Å². The van der Waals surface area contributed by atoms with Gasteiger partial charge < -0.3 is 10.1 Å². The number of ether oxygens (including phenoxy) is 1. The fourth-order valence-corrected chi connectivity index (χ4v) is 2.25. The third-order valence-electron chi connectivity index (χ3n) is 3.32. The van der Waals surface area contributed by atoms with E-state index in [4.69, 9.17) is 4.74 Å². The van der Waals surface area contributed by atoms with Crippen molar-refractivity contribution in [2.75, 3.05) is 14.2 Å². The normalized spacial score (nSPS) is 12.2. The molecule has 2 aromatic carbocycles. The molecular formula is C16H17F2NO. The van der Waals surface area contributed by atoms with Crippen LogP contribution in [0.3, 0.4) is 0 Å². The average molecular weight is 277 g/mol. The van der Waals surface area contributed by atoms with E-state index in [0.717, 1.165) is 17.4 Å². The summed E-state index contributed by atoms with van der Waals surface area (Å²) in [5, 5.41) is 3.12. The van der Waals surface area contributed by atoms with E-state index in [1.165, 1.54) is 6.07 Å². The van der Waals surface area contributed by atoms with Crippen LogP contribution in [-0.4, -0.2) is 14.2 Å². The van der Waals surface area contributed by atoms with E-state index in [2.05, 4.69) is 5.32 Å². The van der Waals surface area contributed by atoms with Crippen LogP contribution < -0.4 is 10.1 Å². The summed E-state index contributed by atoms with van der Waals surface area (Å²) in [5.41, 5.74) is 1.26. The molecule has 1 unspecified atom stereocenters. The van der Waals surface area contributed by atoms with Crippen molar-refractivity contribution in [1.82, 2.24) is 5.32 Å². The number of halogens is 2. The SMILES string of the molecule is CNC(Cc1cccc(F)c1F)c1ccccc1OC. The minimum absolute atomic E-state index is 0.151. The summed E-state index contributed by atoms with van der Waals surface area (Å²) in [4.78, 5) is 0. The van der Waals surface area contributed by atoms with Gasteiger partial charge in [-0.15, -0.1) is 0 Å². The molecule has 2 rings (SSSR count). The molecule has 1 N–H and O–H groups in total. The Morgan fingerprint density at radius 2 is 1.85 bits per heavy atom. The largest absolute Gasteiger partial charge is 0.496 e. The molecule has 0 spiro atoms.